The molecule has 0 heterocycles. The van der Waals surface area contributed by atoms with Crippen molar-refractivity contribution in [2.24, 2.45) is 0 Å². The summed E-state index contributed by atoms with van der Waals surface area (Å²) in [5.74, 6) is 2.34. The average Bonchev–Trinajstić information content (AvgIpc) is 3.01. The largest absolute Gasteiger partial charge is 0.497 e. The van der Waals surface area contributed by atoms with Crippen molar-refractivity contribution in [2.75, 3.05) is 17.7 Å². The van der Waals surface area contributed by atoms with Crippen LogP contribution in [0.3, 0.4) is 0 Å². The lowest BCUT2D eigenvalue weighted by Gasteiger charge is -2.09. The van der Waals surface area contributed by atoms with E-state index in [1.165, 1.54) is 6.07 Å². The molecule has 0 saturated heterocycles. The molecule has 0 atom stereocenters. The van der Waals surface area contributed by atoms with Crippen molar-refractivity contribution >= 4 is 39.9 Å². The number of carbonyl (C=O) groups excluding carboxylic acids is 3. The standard InChI is InChI=1S/C34H24N2O5/c1-3-22-7-12-28(13-8-22)35-32(37)25-5-4-6-27(20-25)34(39)41-31-16-11-23-19-26(10-9-24(23)21-31)33(38)36-29-14-17-30(40-2)18-15-29/h1,4-21H,2H3,(H,35,37)(H,36,38). The number of fused-ring (bicyclic) bond motifs is 1. The number of esters is 1. The van der Waals surface area contributed by atoms with Gasteiger partial charge in [-0.3, -0.25) is 9.59 Å². The fraction of sp³-hybridized carbons (Fsp3) is 0.0294. The summed E-state index contributed by atoms with van der Waals surface area (Å²) in [6, 6.07) is 30.6. The number of carbonyl (C=O) groups is 3. The van der Waals surface area contributed by atoms with E-state index in [1.54, 1.807) is 110 Å². The molecule has 0 radical (unpaired) electrons. The predicted octanol–water partition coefficient (Wildman–Crippen LogP) is 6.55. The lowest BCUT2D eigenvalue weighted by atomic mass is 10.1. The minimum absolute atomic E-state index is 0.228. The van der Waals surface area contributed by atoms with Gasteiger partial charge in [-0.05, 0) is 102 Å². The van der Waals surface area contributed by atoms with Crippen LogP contribution in [0.5, 0.6) is 11.5 Å². The molecule has 2 amide bonds. The zero-order valence-corrected chi connectivity index (χ0v) is 22.0. The molecule has 200 valence electrons. The Labute approximate surface area is 236 Å². The lowest BCUT2D eigenvalue weighted by Crippen LogP contribution is -2.14. The first-order valence-electron chi connectivity index (χ1n) is 12.6. The van der Waals surface area contributed by atoms with E-state index in [-0.39, 0.29) is 17.4 Å². The highest BCUT2D eigenvalue weighted by molar-refractivity contribution is 6.07. The highest BCUT2D eigenvalue weighted by Crippen LogP contribution is 2.24. The van der Waals surface area contributed by atoms with Crippen LogP contribution in [0.15, 0.2) is 109 Å². The van der Waals surface area contributed by atoms with Crippen molar-refractivity contribution < 1.29 is 23.9 Å². The van der Waals surface area contributed by atoms with Crippen LogP contribution >= 0.6 is 0 Å². The predicted molar refractivity (Wildman–Crippen MR) is 159 cm³/mol. The zero-order valence-electron chi connectivity index (χ0n) is 22.0. The maximum Gasteiger partial charge on any atom is 0.343 e. The highest BCUT2D eigenvalue weighted by atomic mass is 16.5. The summed E-state index contributed by atoms with van der Waals surface area (Å²) < 4.78 is 10.7. The Morgan fingerprint density at radius 2 is 1.20 bits per heavy atom. The number of benzene rings is 5. The molecule has 0 aromatic heterocycles. The molecule has 0 aliphatic rings. The summed E-state index contributed by atoms with van der Waals surface area (Å²) in [6.45, 7) is 0. The van der Waals surface area contributed by atoms with E-state index in [0.29, 0.717) is 39.6 Å². The summed E-state index contributed by atoms with van der Waals surface area (Å²) in [5, 5.41) is 7.24. The molecule has 0 spiro atoms. The second-order valence-corrected chi connectivity index (χ2v) is 9.05. The molecule has 7 heteroatoms. The number of hydrogen-bond donors (Lipinski definition) is 2. The van der Waals surface area contributed by atoms with Gasteiger partial charge in [0.2, 0.25) is 0 Å². The number of methoxy groups -OCH3 is 1. The second-order valence-electron chi connectivity index (χ2n) is 9.05. The second kappa shape index (κ2) is 11.9. The van der Waals surface area contributed by atoms with Crippen LogP contribution in [-0.2, 0) is 0 Å². The number of anilines is 2. The molecule has 0 saturated carbocycles. The molecule has 0 fully saturated rings. The summed E-state index contributed by atoms with van der Waals surface area (Å²) >= 11 is 0. The Morgan fingerprint density at radius 3 is 1.85 bits per heavy atom. The van der Waals surface area contributed by atoms with Gasteiger partial charge in [-0.1, -0.05) is 24.1 Å². The minimum Gasteiger partial charge on any atom is -0.497 e. The minimum atomic E-state index is -0.604. The van der Waals surface area contributed by atoms with Crippen LogP contribution in [0.2, 0.25) is 0 Å². The van der Waals surface area contributed by atoms with Crippen LogP contribution in [0.4, 0.5) is 11.4 Å². The highest BCUT2D eigenvalue weighted by Gasteiger charge is 2.14. The molecule has 41 heavy (non-hydrogen) atoms. The molecular formula is C34H24N2O5. The Balaban J connectivity index is 1.25. The van der Waals surface area contributed by atoms with Crippen LogP contribution in [-0.4, -0.2) is 24.9 Å². The fourth-order valence-corrected chi connectivity index (χ4v) is 4.11. The van der Waals surface area contributed by atoms with Crippen LogP contribution < -0.4 is 20.1 Å². The Kier molecular flexibility index (Phi) is 7.75. The van der Waals surface area contributed by atoms with Gasteiger partial charge in [0.25, 0.3) is 11.8 Å². The molecule has 0 aliphatic heterocycles. The van der Waals surface area contributed by atoms with Crippen molar-refractivity contribution in [1.82, 2.24) is 0 Å². The van der Waals surface area contributed by atoms with Crippen molar-refractivity contribution in [2.45, 2.75) is 0 Å². The van der Waals surface area contributed by atoms with Gasteiger partial charge in [-0.25, -0.2) is 4.79 Å². The molecule has 5 aromatic rings. The molecule has 0 unspecified atom stereocenters. The molecular weight excluding hydrogens is 516 g/mol. The summed E-state index contributed by atoms with van der Waals surface area (Å²) in [6.07, 6.45) is 5.37. The number of hydrogen-bond acceptors (Lipinski definition) is 5. The van der Waals surface area contributed by atoms with E-state index < -0.39 is 5.97 Å². The van der Waals surface area contributed by atoms with Gasteiger partial charge >= 0.3 is 5.97 Å². The average molecular weight is 541 g/mol. The van der Waals surface area contributed by atoms with E-state index in [2.05, 4.69) is 16.6 Å². The number of amides is 2. The normalized spacial score (nSPS) is 10.3. The first kappa shape index (κ1) is 26.7. The van der Waals surface area contributed by atoms with Gasteiger partial charge in [0.15, 0.2) is 0 Å². The Hall–Kier alpha value is -5.87. The topological polar surface area (TPSA) is 93.7 Å². The summed E-state index contributed by atoms with van der Waals surface area (Å²) in [7, 11) is 1.58. The van der Waals surface area contributed by atoms with E-state index in [1.807, 2.05) is 0 Å². The van der Waals surface area contributed by atoms with E-state index in [0.717, 1.165) is 10.8 Å². The first-order valence-corrected chi connectivity index (χ1v) is 12.6. The van der Waals surface area contributed by atoms with Crippen molar-refractivity contribution in [1.29, 1.82) is 0 Å². The number of rotatable bonds is 7. The molecule has 2 N–H and O–H groups in total. The molecule has 0 aliphatic carbocycles. The molecule has 5 rings (SSSR count). The molecule has 5 aromatic carbocycles. The van der Waals surface area contributed by atoms with Gasteiger partial charge in [0.05, 0.1) is 12.7 Å². The lowest BCUT2D eigenvalue weighted by molar-refractivity contribution is 0.0734. The van der Waals surface area contributed by atoms with Gasteiger partial charge in [0, 0.05) is 28.1 Å². The molecule has 0 bridgehead atoms. The van der Waals surface area contributed by atoms with Crippen molar-refractivity contribution in [3.63, 3.8) is 0 Å². The monoisotopic (exact) mass is 540 g/mol. The van der Waals surface area contributed by atoms with Crippen LogP contribution in [0.1, 0.15) is 36.6 Å². The fourth-order valence-electron chi connectivity index (χ4n) is 4.11. The van der Waals surface area contributed by atoms with Gasteiger partial charge in [-0.15, -0.1) is 6.42 Å². The van der Waals surface area contributed by atoms with Crippen molar-refractivity contribution in [3.05, 3.63) is 131 Å². The van der Waals surface area contributed by atoms with Crippen LogP contribution in [0.25, 0.3) is 10.8 Å². The van der Waals surface area contributed by atoms with E-state index in [4.69, 9.17) is 15.9 Å². The van der Waals surface area contributed by atoms with Gasteiger partial charge in [-0.2, -0.15) is 0 Å². The van der Waals surface area contributed by atoms with Crippen LogP contribution in [0, 0.1) is 12.3 Å². The smallest absolute Gasteiger partial charge is 0.343 e. The van der Waals surface area contributed by atoms with E-state index >= 15 is 0 Å². The maximum atomic E-state index is 12.9. The quantitative estimate of drug-likeness (QED) is 0.139. The Bertz CT molecular complexity index is 1800. The van der Waals surface area contributed by atoms with Crippen molar-refractivity contribution in [3.8, 4) is 23.8 Å². The third-order valence-electron chi connectivity index (χ3n) is 6.30. The summed E-state index contributed by atoms with van der Waals surface area (Å²) in [4.78, 5) is 38.3. The first-order chi connectivity index (χ1) is 19.9. The molecule has 7 nitrogen and oxygen atoms in total. The number of ether oxygens (including phenoxy) is 2. The maximum absolute atomic E-state index is 12.9. The number of nitrogens with one attached hydrogen (secondary N) is 2. The summed E-state index contributed by atoms with van der Waals surface area (Å²) in [5.41, 5.74) is 2.96. The third-order valence-corrected chi connectivity index (χ3v) is 6.30. The third kappa shape index (κ3) is 6.41. The Morgan fingerprint density at radius 1 is 0.634 bits per heavy atom. The number of terminal acetylenes is 1. The van der Waals surface area contributed by atoms with Gasteiger partial charge in [0.1, 0.15) is 11.5 Å². The van der Waals surface area contributed by atoms with E-state index in [9.17, 15) is 14.4 Å². The SMILES string of the molecule is C#Cc1ccc(NC(=O)c2cccc(C(=O)Oc3ccc4cc(C(=O)Nc5ccc(OC)cc5)ccc4c3)c2)cc1. The van der Waals surface area contributed by atoms with Gasteiger partial charge < -0.3 is 20.1 Å². The zero-order chi connectivity index (χ0) is 28.8.